The molecule has 0 spiro atoms. The summed E-state index contributed by atoms with van der Waals surface area (Å²) in [5.74, 6) is 0.155. The molecular weight excluding hydrogens is 318 g/mol. The first-order valence-electron chi connectivity index (χ1n) is 8.48. The van der Waals surface area contributed by atoms with Gasteiger partial charge in [0.2, 0.25) is 0 Å². The number of aromatic nitrogens is 4. The van der Waals surface area contributed by atoms with Gasteiger partial charge in [-0.3, -0.25) is 4.79 Å². The molecule has 0 saturated heterocycles. The van der Waals surface area contributed by atoms with E-state index in [9.17, 15) is 9.90 Å². The van der Waals surface area contributed by atoms with Crippen LogP contribution in [-0.2, 0) is 6.54 Å². The van der Waals surface area contributed by atoms with Gasteiger partial charge in [0.1, 0.15) is 5.65 Å². The molecule has 7 heteroatoms. The van der Waals surface area contributed by atoms with Crippen molar-refractivity contribution in [3.05, 3.63) is 54.5 Å². The average Bonchev–Trinajstić information content (AvgIpc) is 3.31. The molecule has 3 heterocycles. The third-order valence-electron chi connectivity index (χ3n) is 4.93. The third kappa shape index (κ3) is 3.15. The summed E-state index contributed by atoms with van der Waals surface area (Å²) >= 11 is 0. The van der Waals surface area contributed by atoms with E-state index >= 15 is 0 Å². The first-order valence-corrected chi connectivity index (χ1v) is 8.48. The molecule has 3 aromatic heterocycles. The van der Waals surface area contributed by atoms with Crippen LogP contribution in [0.3, 0.4) is 0 Å². The fourth-order valence-corrected chi connectivity index (χ4v) is 3.62. The molecular formula is C18H21N5O2. The third-order valence-corrected chi connectivity index (χ3v) is 4.93. The highest BCUT2D eigenvalue weighted by atomic mass is 16.3. The number of amides is 1. The Kier molecular flexibility index (Phi) is 4.01. The second-order valence-electron chi connectivity index (χ2n) is 6.79. The van der Waals surface area contributed by atoms with E-state index in [2.05, 4.69) is 15.3 Å². The summed E-state index contributed by atoms with van der Waals surface area (Å²) in [5.41, 5.74) is 2.33. The maximum Gasteiger partial charge on any atom is 0.251 e. The van der Waals surface area contributed by atoms with Crippen LogP contribution in [0.5, 0.6) is 0 Å². The molecule has 0 radical (unpaired) electrons. The molecule has 7 nitrogen and oxygen atoms in total. The van der Waals surface area contributed by atoms with Crippen LogP contribution in [-0.4, -0.2) is 42.1 Å². The number of nitrogens with one attached hydrogen (secondary N) is 1. The molecule has 0 aromatic carbocycles. The lowest BCUT2D eigenvalue weighted by Gasteiger charge is -2.16. The molecule has 1 unspecified atom stereocenters. The molecule has 1 fully saturated rings. The number of hydrogen-bond donors (Lipinski definition) is 2. The summed E-state index contributed by atoms with van der Waals surface area (Å²) in [7, 11) is 0. The van der Waals surface area contributed by atoms with Crippen molar-refractivity contribution in [2.45, 2.75) is 38.5 Å². The predicted octanol–water partition coefficient (Wildman–Crippen LogP) is 1.41. The van der Waals surface area contributed by atoms with Gasteiger partial charge in [0.05, 0.1) is 18.5 Å². The van der Waals surface area contributed by atoms with Gasteiger partial charge in [0.15, 0.2) is 0 Å². The first-order chi connectivity index (χ1) is 12.1. The van der Waals surface area contributed by atoms with Crippen molar-refractivity contribution in [2.75, 3.05) is 0 Å². The number of carbonyl (C=O) groups is 1. The molecule has 2 N–H and O–H groups in total. The van der Waals surface area contributed by atoms with E-state index in [1.807, 2.05) is 28.3 Å². The van der Waals surface area contributed by atoms with Crippen LogP contribution in [0.1, 0.15) is 28.9 Å². The van der Waals surface area contributed by atoms with E-state index in [1.165, 1.54) is 0 Å². The second kappa shape index (κ2) is 6.33. The van der Waals surface area contributed by atoms with E-state index in [0.717, 1.165) is 24.3 Å². The van der Waals surface area contributed by atoms with E-state index in [1.54, 1.807) is 30.9 Å². The number of pyridine rings is 1. The van der Waals surface area contributed by atoms with Crippen LogP contribution in [0, 0.1) is 12.8 Å². The lowest BCUT2D eigenvalue weighted by Crippen LogP contribution is -2.39. The molecule has 130 valence electrons. The molecule has 1 aliphatic carbocycles. The van der Waals surface area contributed by atoms with Gasteiger partial charge in [0, 0.05) is 42.6 Å². The molecule has 1 saturated carbocycles. The van der Waals surface area contributed by atoms with E-state index < -0.39 is 6.10 Å². The Balaban J connectivity index is 1.42. The number of hydrogen-bond acceptors (Lipinski definition) is 4. The van der Waals surface area contributed by atoms with Gasteiger partial charge >= 0.3 is 0 Å². The lowest BCUT2D eigenvalue weighted by atomic mass is 10.1. The minimum atomic E-state index is -0.519. The summed E-state index contributed by atoms with van der Waals surface area (Å²) in [6.45, 7) is 2.78. The SMILES string of the molecule is Cc1cnc2cc(C(=O)N[C@@H]3CC(Cn4ccnc4)C[C@H]3O)ccn12. The van der Waals surface area contributed by atoms with Gasteiger partial charge in [-0.1, -0.05) is 0 Å². The Morgan fingerprint density at radius 3 is 3.08 bits per heavy atom. The summed E-state index contributed by atoms with van der Waals surface area (Å²) in [5, 5.41) is 13.3. The zero-order valence-electron chi connectivity index (χ0n) is 14.0. The smallest absolute Gasteiger partial charge is 0.251 e. The highest BCUT2D eigenvalue weighted by molar-refractivity contribution is 5.95. The van der Waals surface area contributed by atoms with Gasteiger partial charge in [-0.05, 0) is 37.8 Å². The predicted molar refractivity (Wildman–Crippen MR) is 92.1 cm³/mol. The minimum absolute atomic E-state index is 0.171. The van der Waals surface area contributed by atoms with Gasteiger partial charge in [0.25, 0.3) is 5.91 Å². The van der Waals surface area contributed by atoms with Crippen molar-refractivity contribution in [3.63, 3.8) is 0 Å². The fraction of sp³-hybridized carbons (Fsp3) is 0.389. The normalized spacial score (nSPS) is 23.2. The Hall–Kier alpha value is -2.67. The zero-order valence-corrected chi connectivity index (χ0v) is 14.0. The van der Waals surface area contributed by atoms with Crippen molar-refractivity contribution >= 4 is 11.6 Å². The molecule has 3 aromatic rings. The van der Waals surface area contributed by atoms with Crippen LogP contribution >= 0.6 is 0 Å². The van der Waals surface area contributed by atoms with Gasteiger partial charge in [-0.2, -0.15) is 0 Å². The highest BCUT2D eigenvalue weighted by Crippen LogP contribution is 2.28. The Bertz CT molecular complexity index is 886. The minimum Gasteiger partial charge on any atom is -0.391 e. The first kappa shape index (κ1) is 15.8. The van der Waals surface area contributed by atoms with E-state index in [0.29, 0.717) is 17.9 Å². The summed E-state index contributed by atoms with van der Waals surface area (Å²) < 4.78 is 3.94. The van der Waals surface area contributed by atoms with Crippen LogP contribution in [0.15, 0.2) is 43.2 Å². The summed E-state index contributed by atoms with van der Waals surface area (Å²) in [6, 6.07) is 3.33. The quantitative estimate of drug-likeness (QED) is 0.753. The Morgan fingerprint density at radius 1 is 1.40 bits per heavy atom. The fourth-order valence-electron chi connectivity index (χ4n) is 3.62. The Morgan fingerprint density at radius 2 is 2.28 bits per heavy atom. The average molecular weight is 339 g/mol. The molecule has 0 bridgehead atoms. The summed E-state index contributed by atoms with van der Waals surface area (Å²) in [6.07, 6.45) is 9.99. The second-order valence-corrected chi connectivity index (χ2v) is 6.79. The molecule has 0 aliphatic heterocycles. The van der Waals surface area contributed by atoms with Crippen LogP contribution in [0.25, 0.3) is 5.65 Å². The number of nitrogens with zero attached hydrogens (tertiary/aromatic N) is 4. The van der Waals surface area contributed by atoms with Crippen molar-refractivity contribution in [1.82, 2.24) is 24.3 Å². The number of carbonyl (C=O) groups excluding carboxylic acids is 1. The molecule has 25 heavy (non-hydrogen) atoms. The van der Waals surface area contributed by atoms with Crippen LogP contribution < -0.4 is 5.32 Å². The maximum absolute atomic E-state index is 12.5. The maximum atomic E-state index is 12.5. The van der Waals surface area contributed by atoms with Crippen LogP contribution in [0.4, 0.5) is 0 Å². The molecule has 1 amide bonds. The number of fused-ring (bicyclic) bond motifs is 1. The van der Waals surface area contributed by atoms with Crippen molar-refractivity contribution < 1.29 is 9.90 Å². The van der Waals surface area contributed by atoms with Gasteiger partial charge in [-0.15, -0.1) is 0 Å². The van der Waals surface area contributed by atoms with Gasteiger partial charge in [-0.25, -0.2) is 9.97 Å². The zero-order chi connectivity index (χ0) is 17.4. The van der Waals surface area contributed by atoms with Crippen molar-refractivity contribution in [2.24, 2.45) is 5.92 Å². The highest BCUT2D eigenvalue weighted by Gasteiger charge is 2.34. The number of imidazole rings is 2. The molecule has 3 atom stereocenters. The molecule has 1 aliphatic rings. The number of aliphatic hydroxyl groups is 1. The van der Waals surface area contributed by atoms with E-state index in [4.69, 9.17) is 0 Å². The number of aryl methyl sites for hydroxylation is 1. The van der Waals surface area contributed by atoms with Crippen LogP contribution in [0.2, 0.25) is 0 Å². The standard InChI is InChI=1S/C18H21N5O2/c1-12-9-20-17-8-14(2-4-23(12)17)18(25)21-15-6-13(7-16(15)24)10-22-5-3-19-11-22/h2-5,8-9,11,13,15-16,24H,6-7,10H2,1H3,(H,21,25)/t13?,15-,16-/m1/s1. The van der Waals surface area contributed by atoms with Gasteiger partial charge < -0.3 is 19.4 Å². The molecule has 4 rings (SSSR count). The Labute approximate surface area is 145 Å². The number of rotatable bonds is 4. The summed E-state index contributed by atoms with van der Waals surface area (Å²) in [4.78, 5) is 20.9. The number of aliphatic hydroxyl groups excluding tert-OH is 1. The van der Waals surface area contributed by atoms with E-state index in [-0.39, 0.29) is 11.9 Å². The lowest BCUT2D eigenvalue weighted by molar-refractivity contribution is 0.0873. The van der Waals surface area contributed by atoms with Crippen molar-refractivity contribution in [3.8, 4) is 0 Å². The topological polar surface area (TPSA) is 84.5 Å². The largest absolute Gasteiger partial charge is 0.391 e. The van der Waals surface area contributed by atoms with Crippen molar-refractivity contribution in [1.29, 1.82) is 0 Å². The monoisotopic (exact) mass is 339 g/mol.